The van der Waals surface area contributed by atoms with Crippen molar-refractivity contribution < 1.29 is 9.00 Å². The highest BCUT2D eigenvalue weighted by molar-refractivity contribution is 7.85. The molecule has 2 saturated heterocycles. The zero-order valence-corrected chi connectivity index (χ0v) is 9.89. The van der Waals surface area contributed by atoms with Crippen LogP contribution in [0, 0.1) is 0 Å². The van der Waals surface area contributed by atoms with E-state index in [1.165, 1.54) is 0 Å². The summed E-state index contributed by atoms with van der Waals surface area (Å²) in [5, 5.41) is 3.22. The van der Waals surface area contributed by atoms with E-state index in [-0.39, 0.29) is 12.1 Å². The molecular weight excluding hydrogens is 212 g/mol. The van der Waals surface area contributed by atoms with Gasteiger partial charge in [0.25, 0.3) is 0 Å². The highest BCUT2D eigenvalue weighted by Crippen LogP contribution is 2.21. The van der Waals surface area contributed by atoms with Gasteiger partial charge in [-0.05, 0) is 19.3 Å². The lowest BCUT2D eigenvalue weighted by Gasteiger charge is -2.34. The maximum atomic E-state index is 11.7. The summed E-state index contributed by atoms with van der Waals surface area (Å²) in [5.41, 5.74) is 0. The molecule has 2 aliphatic rings. The third-order valence-corrected chi connectivity index (χ3v) is 4.63. The van der Waals surface area contributed by atoms with Gasteiger partial charge in [-0.15, -0.1) is 0 Å². The van der Waals surface area contributed by atoms with Gasteiger partial charge in [0.1, 0.15) is 0 Å². The topological polar surface area (TPSA) is 49.4 Å². The van der Waals surface area contributed by atoms with E-state index in [2.05, 4.69) is 12.2 Å². The van der Waals surface area contributed by atoms with Crippen LogP contribution in [0.3, 0.4) is 0 Å². The SMILES string of the molecule is CCC1NCC(=O)N1C1CCS(=O)CC1. The van der Waals surface area contributed by atoms with E-state index in [1.807, 2.05) is 4.90 Å². The summed E-state index contributed by atoms with van der Waals surface area (Å²) in [6.45, 7) is 2.56. The second kappa shape index (κ2) is 4.61. The summed E-state index contributed by atoms with van der Waals surface area (Å²) < 4.78 is 11.2. The second-order valence-electron chi connectivity index (χ2n) is 4.19. The summed E-state index contributed by atoms with van der Waals surface area (Å²) >= 11 is 0. The Balaban J connectivity index is 2.02. The van der Waals surface area contributed by atoms with Crippen molar-refractivity contribution >= 4 is 16.7 Å². The lowest BCUT2D eigenvalue weighted by atomic mass is 10.1. The van der Waals surface area contributed by atoms with Crippen molar-refractivity contribution in [1.82, 2.24) is 10.2 Å². The molecule has 0 bridgehead atoms. The molecule has 2 aliphatic heterocycles. The number of hydrogen-bond donors (Lipinski definition) is 1. The summed E-state index contributed by atoms with van der Waals surface area (Å²) in [7, 11) is -0.644. The average Bonchev–Trinajstić information content (AvgIpc) is 2.61. The molecule has 0 aromatic heterocycles. The molecule has 86 valence electrons. The quantitative estimate of drug-likeness (QED) is 0.730. The van der Waals surface area contributed by atoms with Crippen molar-refractivity contribution in [2.24, 2.45) is 0 Å². The molecule has 15 heavy (non-hydrogen) atoms. The van der Waals surface area contributed by atoms with E-state index in [4.69, 9.17) is 0 Å². The number of carbonyl (C=O) groups is 1. The van der Waals surface area contributed by atoms with Gasteiger partial charge in [0, 0.05) is 28.3 Å². The highest BCUT2D eigenvalue weighted by atomic mass is 32.2. The van der Waals surface area contributed by atoms with Crippen LogP contribution in [0.15, 0.2) is 0 Å². The van der Waals surface area contributed by atoms with E-state index in [9.17, 15) is 9.00 Å². The van der Waals surface area contributed by atoms with Gasteiger partial charge in [-0.25, -0.2) is 0 Å². The van der Waals surface area contributed by atoms with Crippen molar-refractivity contribution in [3.63, 3.8) is 0 Å². The molecule has 2 heterocycles. The first-order valence-corrected chi connectivity index (χ1v) is 7.10. The molecule has 0 aliphatic carbocycles. The Labute approximate surface area is 92.9 Å². The fraction of sp³-hybridized carbons (Fsp3) is 0.900. The van der Waals surface area contributed by atoms with E-state index < -0.39 is 10.8 Å². The zero-order valence-electron chi connectivity index (χ0n) is 9.07. The smallest absolute Gasteiger partial charge is 0.238 e. The first kappa shape index (κ1) is 11.1. The Morgan fingerprint density at radius 2 is 2.13 bits per heavy atom. The molecule has 0 spiro atoms. The molecule has 1 atom stereocenters. The second-order valence-corrected chi connectivity index (χ2v) is 5.88. The minimum absolute atomic E-state index is 0.203. The van der Waals surface area contributed by atoms with E-state index in [0.717, 1.165) is 30.8 Å². The van der Waals surface area contributed by atoms with Crippen LogP contribution in [0.1, 0.15) is 26.2 Å². The van der Waals surface area contributed by atoms with Gasteiger partial charge in [-0.2, -0.15) is 0 Å². The van der Waals surface area contributed by atoms with Gasteiger partial charge in [0.05, 0.1) is 12.7 Å². The molecule has 0 aromatic carbocycles. The predicted octanol–water partition coefficient (Wildman–Crippen LogP) is 0.0654. The van der Waals surface area contributed by atoms with E-state index >= 15 is 0 Å². The number of hydrogen-bond acceptors (Lipinski definition) is 3. The van der Waals surface area contributed by atoms with Crippen LogP contribution in [0.4, 0.5) is 0 Å². The van der Waals surface area contributed by atoms with E-state index in [0.29, 0.717) is 12.6 Å². The molecule has 2 fully saturated rings. The minimum Gasteiger partial charge on any atom is -0.323 e. The average molecular weight is 230 g/mol. The third-order valence-electron chi connectivity index (χ3n) is 3.25. The van der Waals surface area contributed by atoms with Crippen molar-refractivity contribution in [3.8, 4) is 0 Å². The number of nitrogens with one attached hydrogen (secondary N) is 1. The molecule has 0 saturated carbocycles. The highest BCUT2D eigenvalue weighted by Gasteiger charge is 2.35. The maximum Gasteiger partial charge on any atom is 0.238 e. The van der Waals surface area contributed by atoms with Crippen LogP contribution in [0.2, 0.25) is 0 Å². The fourth-order valence-corrected chi connectivity index (χ4v) is 3.70. The van der Waals surface area contributed by atoms with Crippen LogP contribution in [0.5, 0.6) is 0 Å². The summed E-state index contributed by atoms with van der Waals surface area (Å²) in [5.74, 6) is 1.72. The zero-order chi connectivity index (χ0) is 10.8. The minimum atomic E-state index is -0.644. The Hall–Kier alpha value is -0.420. The molecule has 1 N–H and O–H groups in total. The first-order chi connectivity index (χ1) is 7.22. The third kappa shape index (κ3) is 2.23. The molecule has 1 unspecified atom stereocenters. The van der Waals surface area contributed by atoms with Crippen molar-refractivity contribution in [2.75, 3.05) is 18.1 Å². The van der Waals surface area contributed by atoms with Crippen molar-refractivity contribution in [2.45, 2.75) is 38.4 Å². The Kier molecular flexibility index (Phi) is 3.41. The van der Waals surface area contributed by atoms with Crippen molar-refractivity contribution in [1.29, 1.82) is 0 Å². The van der Waals surface area contributed by atoms with Gasteiger partial charge in [0.2, 0.25) is 5.91 Å². The fourth-order valence-electron chi connectivity index (χ4n) is 2.43. The van der Waals surface area contributed by atoms with Gasteiger partial charge < -0.3 is 4.90 Å². The molecule has 0 aromatic rings. The molecular formula is C10H18N2O2S. The van der Waals surface area contributed by atoms with Crippen molar-refractivity contribution in [3.05, 3.63) is 0 Å². The summed E-state index contributed by atoms with van der Waals surface area (Å²) in [6.07, 6.45) is 2.95. The van der Waals surface area contributed by atoms with Gasteiger partial charge in [0.15, 0.2) is 0 Å². The van der Waals surface area contributed by atoms with Crippen LogP contribution >= 0.6 is 0 Å². The number of carbonyl (C=O) groups excluding carboxylic acids is 1. The maximum absolute atomic E-state index is 11.7. The molecule has 5 heteroatoms. The summed E-state index contributed by atoms with van der Waals surface area (Å²) in [4.78, 5) is 13.7. The van der Waals surface area contributed by atoms with E-state index in [1.54, 1.807) is 0 Å². The van der Waals surface area contributed by atoms with Gasteiger partial charge in [-0.3, -0.25) is 14.3 Å². The lowest BCUT2D eigenvalue weighted by molar-refractivity contribution is -0.130. The monoisotopic (exact) mass is 230 g/mol. The number of nitrogens with zero attached hydrogens (tertiary/aromatic N) is 1. The molecule has 4 nitrogen and oxygen atoms in total. The molecule has 1 amide bonds. The van der Waals surface area contributed by atoms with Crippen LogP contribution in [0.25, 0.3) is 0 Å². The Morgan fingerprint density at radius 3 is 2.73 bits per heavy atom. The van der Waals surface area contributed by atoms with Gasteiger partial charge in [-0.1, -0.05) is 6.92 Å². The Morgan fingerprint density at radius 1 is 1.47 bits per heavy atom. The first-order valence-electron chi connectivity index (χ1n) is 5.62. The Bertz CT molecular complexity index is 273. The lowest BCUT2D eigenvalue weighted by Crippen LogP contribution is -2.47. The van der Waals surface area contributed by atoms with Crippen LogP contribution < -0.4 is 5.32 Å². The normalized spacial score (nSPS) is 37.3. The molecule has 2 rings (SSSR count). The van der Waals surface area contributed by atoms with Crippen LogP contribution in [-0.2, 0) is 15.6 Å². The number of rotatable bonds is 2. The standard InChI is InChI=1S/C10H18N2O2S/c1-2-9-11-7-10(13)12(9)8-3-5-15(14)6-4-8/h8-9,11H,2-7H2,1H3. The largest absolute Gasteiger partial charge is 0.323 e. The predicted molar refractivity (Wildman–Crippen MR) is 59.8 cm³/mol. The molecule has 0 radical (unpaired) electrons. The van der Waals surface area contributed by atoms with Crippen LogP contribution in [-0.4, -0.2) is 45.3 Å². The number of amides is 1. The summed E-state index contributed by atoms with van der Waals surface area (Å²) in [6, 6.07) is 0.315. The van der Waals surface area contributed by atoms with Gasteiger partial charge >= 0.3 is 0 Å².